The third kappa shape index (κ3) is 5.57. The van der Waals surface area contributed by atoms with Gasteiger partial charge in [0.05, 0.1) is 0 Å². The molecule has 0 spiro atoms. The molecule has 158 valence electrons. The lowest BCUT2D eigenvalue weighted by Crippen LogP contribution is -2.49. The van der Waals surface area contributed by atoms with Crippen LogP contribution in [0.4, 0.5) is 5.69 Å². The number of nitrogens with one attached hydrogen (secondary N) is 2. The lowest BCUT2D eigenvalue weighted by molar-refractivity contribution is -0.134. The van der Waals surface area contributed by atoms with Crippen LogP contribution in [0.5, 0.6) is 0 Å². The molecule has 1 fully saturated rings. The molecular weight excluding hydrogens is 384 g/mol. The van der Waals surface area contributed by atoms with E-state index in [2.05, 4.69) is 10.6 Å². The van der Waals surface area contributed by atoms with Gasteiger partial charge in [-0.3, -0.25) is 14.4 Å². The summed E-state index contributed by atoms with van der Waals surface area (Å²) < 4.78 is 5.27. The highest BCUT2D eigenvalue weighted by Gasteiger charge is 2.50. The van der Waals surface area contributed by atoms with E-state index in [1.165, 1.54) is 4.90 Å². The highest BCUT2D eigenvalue weighted by molar-refractivity contribution is 5.97. The topological polar surface area (TPSA) is 117 Å². The van der Waals surface area contributed by atoms with Gasteiger partial charge in [-0.05, 0) is 23.3 Å². The number of hydrogen-bond donors (Lipinski definition) is 3. The summed E-state index contributed by atoms with van der Waals surface area (Å²) in [6.45, 7) is 0.309. The molecule has 8 nitrogen and oxygen atoms in total. The Morgan fingerprint density at radius 1 is 0.967 bits per heavy atom. The molecule has 8 heteroatoms. The van der Waals surface area contributed by atoms with Gasteiger partial charge in [-0.1, -0.05) is 42.5 Å². The van der Waals surface area contributed by atoms with Gasteiger partial charge < -0.3 is 26.0 Å². The fourth-order valence-electron chi connectivity index (χ4n) is 3.05. The Kier molecular flexibility index (Phi) is 6.68. The summed E-state index contributed by atoms with van der Waals surface area (Å²) in [6.07, 6.45) is -1.40. The first-order chi connectivity index (χ1) is 14.3. The molecule has 0 aromatic heterocycles. The van der Waals surface area contributed by atoms with E-state index >= 15 is 0 Å². The number of amides is 3. The SMILES string of the molecule is CN(C)C(=O)[C@H](Cc1ccccc1)NC(=O)C1OC1C(=O)NCc1ccc(N)cc1. The van der Waals surface area contributed by atoms with Crippen molar-refractivity contribution >= 4 is 23.4 Å². The Balaban J connectivity index is 1.54. The van der Waals surface area contributed by atoms with Gasteiger partial charge >= 0.3 is 0 Å². The van der Waals surface area contributed by atoms with Gasteiger partial charge in [0.2, 0.25) is 5.91 Å². The first-order valence-corrected chi connectivity index (χ1v) is 9.68. The highest BCUT2D eigenvalue weighted by Crippen LogP contribution is 2.23. The summed E-state index contributed by atoms with van der Waals surface area (Å²) in [4.78, 5) is 38.8. The Morgan fingerprint density at radius 3 is 2.23 bits per heavy atom. The van der Waals surface area contributed by atoms with Gasteiger partial charge in [0.1, 0.15) is 6.04 Å². The van der Waals surface area contributed by atoms with E-state index in [0.717, 1.165) is 11.1 Å². The molecule has 0 bridgehead atoms. The molecule has 3 atom stereocenters. The zero-order valence-electron chi connectivity index (χ0n) is 17.0. The minimum absolute atomic E-state index is 0.225. The average Bonchev–Trinajstić information content (AvgIpc) is 3.54. The first-order valence-electron chi connectivity index (χ1n) is 9.68. The maximum atomic E-state index is 12.6. The third-order valence-electron chi connectivity index (χ3n) is 4.79. The van der Waals surface area contributed by atoms with Crippen molar-refractivity contribution in [1.82, 2.24) is 15.5 Å². The number of carbonyl (C=O) groups is 3. The molecule has 0 aliphatic carbocycles. The lowest BCUT2D eigenvalue weighted by Gasteiger charge is -2.21. The number of hydrogen-bond acceptors (Lipinski definition) is 5. The predicted octanol–water partition coefficient (Wildman–Crippen LogP) is 0.468. The quantitative estimate of drug-likeness (QED) is 0.432. The van der Waals surface area contributed by atoms with Crippen LogP contribution in [0.2, 0.25) is 0 Å². The fraction of sp³-hybridized carbons (Fsp3) is 0.318. The molecule has 4 N–H and O–H groups in total. The Hall–Kier alpha value is -3.39. The minimum Gasteiger partial charge on any atom is -0.399 e. The van der Waals surface area contributed by atoms with Crippen LogP contribution in [0, 0.1) is 0 Å². The van der Waals surface area contributed by atoms with Gasteiger partial charge in [-0.25, -0.2) is 0 Å². The number of anilines is 1. The van der Waals surface area contributed by atoms with E-state index in [0.29, 0.717) is 18.7 Å². The second-order valence-corrected chi connectivity index (χ2v) is 7.42. The van der Waals surface area contributed by atoms with Crippen LogP contribution in [-0.4, -0.2) is 55.0 Å². The van der Waals surface area contributed by atoms with Crippen molar-refractivity contribution < 1.29 is 19.1 Å². The molecule has 1 heterocycles. The van der Waals surface area contributed by atoms with E-state index in [4.69, 9.17) is 10.5 Å². The summed E-state index contributed by atoms with van der Waals surface area (Å²) in [7, 11) is 3.26. The lowest BCUT2D eigenvalue weighted by atomic mass is 10.0. The average molecular weight is 410 g/mol. The van der Waals surface area contributed by atoms with Crippen molar-refractivity contribution in [3.63, 3.8) is 0 Å². The second kappa shape index (κ2) is 9.41. The summed E-state index contributed by atoms with van der Waals surface area (Å²) >= 11 is 0. The number of carbonyl (C=O) groups excluding carboxylic acids is 3. The molecule has 3 amide bonds. The normalized spacial score (nSPS) is 18.2. The number of ether oxygens (including phenoxy) is 1. The highest BCUT2D eigenvalue weighted by atomic mass is 16.6. The summed E-state index contributed by atoms with van der Waals surface area (Å²) in [5.74, 6) is -1.07. The molecule has 1 aliphatic heterocycles. The molecular formula is C22H26N4O4. The zero-order chi connectivity index (χ0) is 21.7. The van der Waals surface area contributed by atoms with Crippen molar-refractivity contribution in [1.29, 1.82) is 0 Å². The fourth-order valence-corrected chi connectivity index (χ4v) is 3.05. The van der Waals surface area contributed by atoms with Crippen LogP contribution < -0.4 is 16.4 Å². The standard InChI is InChI=1S/C22H26N4O4/c1-26(2)22(29)17(12-14-6-4-3-5-7-14)25-21(28)19-18(30-19)20(27)24-13-15-8-10-16(23)11-9-15/h3-11,17-19H,12-13,23H2,1-2H3,(H,24,27)(H,25,28)/t17-,18?,19?/m0/s1. The number of likely N-dealkylation sites (N-methyl/N-ethyl adjacent to an activating group) is 1. The largest absolute Gasteiger partial charge is 0.399 e. The van der Waals surface area contributed by atoms with Crippen molar-refractivity contribution in [2.45, 2.75) is 31.2 Å². The van der Waals surface area contributed by atoms with Crippen LogP contribution in [-0.2, 0) is 32.1 Å². The summed E-state index contributed by atoms with van der Waals surface area (Å²) in [6, 6.07) is 15.8. The number of epoxide rings is 1. The molecule has 1 aliphatic rings. The third-order valence-corrected chi connectivity index (χ3v) is 4.79. The van der Waals surface area contributed by atoms with E-state index in [1.54, 1.807) is 26.2 Å². The van der Waals surface area contributed by atoms with Gasteiger partial charge in [0.15, 0.2) is 12.2 Å². The van der Waals surface area contributed by atoms with E-state index in [9.17, 15) is 14.4 Å². The van der Waals surface area contributed by atoms with Crippen LogP contribution in [0.15, 0.2) is 54.6 Å². The van der Waals surface area contributed by atoms with Crippen molar-refractivity contribution in [2.24, 2.45) is 0 Å². The monoisotopic (exact) mass is 410 g/mol. The molecule has 0 saturated carbocycles. The Bertz CT molecular complexity index is 899. The summed E-state index contributed by atoms with van der Waals surface area (Å²) in [5.41, 5.74) is 8.10. The van der Waals surface area contributed by atoms with Gasteiger partial charge in [-0.15, -0.1) is 0 Å². The number of nitrogen functional groups attached to an aromatic ring is 1. The molecule has 3 rings (SSSR count). The molecule has 0 radical (unpaired) electrons. The maximum Gasteiger partial charge on any atom is 0.253 e. The van der Waals surface area contributed by atoms with Crippen LogP contribution in [0.3, 0.4) is 0 Å². The molecule has 30 heavy (non-hydrogen) atoms. The van der Waals surface area contributed by atoms with E-state index < -0.39 is 24.2 Å². The van der Waals surface area contributed by atoms with Crippen LogP contribution in [0.1, 0.15) is 11.1 Å². The molecule has 2 aromatic rings. The Labute approximate surface area is 175 Å². The number of rotatable bonds is 8. The first kappa shape index (κ1) is 21.3. The van der Waals surface area contributed by atoms with Crippen molar-refractivity contribution in [3.05, 3.63) is 65.7 Å². The number of nitrogens with zero attached hydrogens (tertiary/aromatic N) is 1. The van der Waals surface area contributed by atoms with Crippen molar-refractivity contribution in [2.75, 3.05) is 19.8 Å². The van der Waals surface area contributed by atoms with Gasteiger partial charge in [-0.2, -0.15) is 0 Å². The zero-order valence-corrected chi connectivity index (χ0v) is 17.0. The summed E-state index contributed by atoms with van der Waals surface area (Å²) in [5, 5.41) is 5.46. The number of nitrogens with two attached hydrogens (primary N) is 1. The van der Waals surface area contributed by atoms with Crippen molar-refractivity contribution in [3.8, 4) is 0 Å². The number of benzene rings is 2. The smallest absolute Gasteiger partial charge is 0.253 e. The maximum absolute atomic E-state index is 12.6. The van der Waals surface area contributed by atoms with E-state index in [-0.39, 0.29) is 11.8 Å². The van der Waals surface area contributed by atoms with E-state index in [1.807, 2.05) is 42.5 Å². The molecule has 1 saturated heterocycles. The van der Waals surface area contributed by atoms with Crippen LogP contribution >= 0.6 is 0 Å². The second-order valence-electron chi connectivity index (χ2n) is 7.42. The van der Waals surface area contributed by atoms with Gasteiger partial charge in [0.25, 0.3) is 11.8 Å². The van der Waals surface area contributed by atoms with Crippen LogP contribution in [0.25, 0.3) is 0 Å². The van der Waals surface area contributed by atoms with Gasteiger partial charge in [0, 0.05) is 32.7 Å². The molecule has 2 unspecified atom stereocenters. The Morgan fingerprint density at radius 2 is 1.60 bits per heavy atom. The minimum atomic E-state index is -0.898. The molecule has 2 aromatic carbocycles. The predicted molar refractivity (Wildman–Crippen MR) is 112 cm³/mol.